The lowest BCUT2D eigenvalue weighted by Gasteiger charge is -2.13. The van der Waals surface area contributed by atoms with Gasteiger partial charge in [0.25, 0.3) is 0 Å². The van der Waals surface area contributed by atoms with Crippen molar-refractivity contribution in [1.29, 1.82) is 0 Å². The van der Waals surface area contributed by atoms with Crippen LogP contribution in [0.15, 0.2) is 29.3 Å². The summed E-state index contributed by atoms with van der Waals surface area (Å²) in [4.78, 5) is 4.26. The second-order valence-electron chi connectivity index (χ2n) is 5.03. The Morgan fingerprint density at radius 3 is 2.52 bits per heavy atom. The molecule has 0 heterocycles. The molecule has 0 bridgehead atoms. The van der Waals surface area contributed by atoms with Gasteiger partial charge in [-0.2, -0.15) is 0 Å². The third-order valence-electron chi connectivity index (χ3n) is 3.49. The predicted molar refractivity (Wildman–Crippen MR) is 89.7 cm³/mol. The molecule has 0 fully saturated rings. The summed E-state index contributed by atoms with van der Waals surface area (Å²) in [7, 11) is 3.56. The molecular formula is C17H29N3O. The fourth-order valence-corrected chi connectivity index (χ4v) is 2.23. The monoisotopic (exact) mass is 291 g/mol. The van der Waals surface area contributed by atoms with Crippen LogP contribution in [0.1, 0.15) is 37.3 Å². The first-order chi connectivity index (χ1) is 10.3. The molecule has 21 heavy (non-hydrogen) atoms. The average Bonchev–Trinajstić information content (AvgIpc) is 2.53. The topological polar surface area (TPSA) is 45.7 Å². The van der Waals surface area contributed by atoms with Gasteiger partial charge in [-0.3, -0.25) is 4.99 Å². The number of hydrogen-bond acceptors (Lipinski definition) is 2. The smallest absolute Gasteiger partial charge is 0.191 e. The van der Waals surface area contributed by atoms with E-state index in [1.807, 2.05) is 7.05 Å². The average molecular weight is 291 g/mol. The van der Waals surface area contributed by atoms with Crippen molar-refractivity contribution >= 4 is 5.96 Å². The van der Waals surface area contributed by atoms with Crippen molar-refractivity contribution in [3.8, 4) is 0 Å². The van der Waals surface area contributed by atoms with Gasteiger partial charge in [-0.25, -0.2) is 0 Å². The Bertz CT molecular complexity index is 418. The predicted octanol–water partition coefficient (Wildman–Crippen LogP) is 2.73. The maximum absolute atomic E-state index is 5.04. The van der Waals surface area contributed by atoms with E-state index in [-0.39, 0.29) is 0 Å². The van der Waals surface area contributed by atoms with Crippen molar-refractivity contribution in [2.75, 3.05) is 27.3 Å². The zero-order chi connectivity index (χ0) is 15.3. The van der Waals surface area contributed by atoms with Crippen molar-refractivity contribution in [3.05, 3.63) is 35.4 Å². The van der Waals surface area contributed by atoms with Gasteiger partial charge >= 0.3 is 0 Å². The quantitative estimate of drug-likeness (QED) is 0.418. The number of aryl methyl sites for hydroxylation is 1. The van der Waals surface area contributed by atoms with Crippen molar-refractivity contribution in [2.24, 2.45) is 4.99 Å². The molecule has 0 saturated carbocycles. The Morgan fingerprint density at radius 1 is 1.10 bits per heavy atom. The van der Waals surface area contributed by atoms with E-state index >= 15 is 0 Å². The van der Waals surface area contributed by atoms with E-state index in [0.717, 1.165) is 44.9 Å². The molecule has 0 unspecified atom stereocenters. The van der Waals surface area contributed by atoms with Crippen LogP contribution in [0.5, 0.6) is 0 Å². The molecule has 0 atom stereocenters. The highest BCUT2D eigenvalue weighted by atomic mass is 16.5. The minimum Gasteiger partial charge on any atom is -0.385 e. The minimum absolute atomic E-state index is 0.813. The van der Waals surface area contributed by atoms with E-state index in [2.05, 4.69) is 46.8 Å². The van der Waals surface area contributed by atoms with E-state index in [9.17, 15) is 0 Å². The van der Waals surface area contributed by atoms with Gasteiger partial charge in [0.1, 0.15) is 0 Å². The second-order valence-corrected chi connectivity index (χ2v) is 5.03. The van der Waals surface area contributed by atoms with Crippen LogP contribution in [0.2, 0.25) is 0 Å². The molecule has 0 spiro atoms. The standard InChI is InChI=1S/C17H29N3O/c1-4-15-10-6-7-11-16(15)14-20-17(18-2)19-12-8-5-9-13-21-3/h6-7,10-11H,4-5,8-9,12-14H2,1-3H3,(H2,18,19,20). The summed E-state index contributed by atoms with van der Waals surface area (Å²) in [5.41, 5.74) is 2.73. The van der Waals surface area contributed by atoms with Crippen LogP contribution in [0.25, 0.3) is 0 Å². The number of unbranched alkanes of at least 4 members (excludes halogenated alkanes) is 2. The fraction of sp³-hybridized carbons (Fsp3) is 0.588. The van der Waals surface area contributed by atoms with Gasteiger partial charge in [0.05, 0.1) is 0 Å². The Kier molecular flexibility index (Phi) is 9.29. The summed E-state index contributed by atoms with van der Waals surface area (Å²) in [5.74, 6) is 0.868. The molecule has 0 aliphatic rings. The lowest BCUT2D eigenvalue weighted by molar-refractivity contribution is 0.192. The van der Waals surface area contributed by atoms with Gasteiger partial charge < -0.3 is 15.4 Å². The molecule has 4 heteroatoms. The van der Waals surface area contributed by atoms with Crippen LogP contribution in [0.4, 0.5) is 0 Å². The number of ether oxygens (including phenoxy) is 1. The van der Waals surface area contributed by atoms with Crippen LogP contribution >= 0.6 is 0 Å². The molecule has 0 saturated heterocycles. The molecule has 2 N–H and O–H groups in total. The van der Waals surface area contributed by atoms with Gasteiger partial charge in [0.15, 0.2) is 5.96 Å². The first kappa shape index (κ1) is 17.5. The van der Waals surface area contributed by atoms with Gasteiger partial charge in [0, 0.05) is 33.9 Å². The molecule has 0 aliphatic carbocycles. The molecule has 1 rings (SSSR count). The number of hydrogen-bond donors (Lipinski definition) is 2. The molecule has 0 aliphatic heterocycles. The third-order valence-corrected chi connectivity index (χ3v) is 3.49. The largest absolute Gasteiger partial charge is 0.385 e. The van der Waals surface area contributed by atoms with Crippen LogP contribution in [0, 0.1) is 0 Å². The second kappa shape index (κ2) is 11.1. The lowest BCUT2D eigenvalue weighted by atomic mass is 10.1. The highest BCUT2D eigenvalue weighted by Crippen LogP contribution is 2.08. The summed E-state index contributed by atoms with van der Waals surface area (Å²) in [6.07, 6.45) is 4.49. The molecule has 0 aromatic heterocycles. The zero-order valence-corrected chi connectivity index (χ0v) is 13.6. The Balaban J connectivity index is 2.28. The number of nitrogens with one attached hydrogen (secondary N) is 2. The van der Waals surface area contributed by atoms with E-state index < -0.39 is 0 Å². The normalized spacial score (nSPS) is 11.5. The van der Waals surface area contributed by atoms with Gasteiger partial charge in [0.2, 0.25) is 0 Å². The summed E-state index contributed by atoms with van der Waals surface area (Å²) >= 11 is 0. The molecule has 0 radical (unpaired) electrons. The fourth-order valence-electron chi connectivity index (χ4n) is 2.23. The van der Waals surface area contributed by atoms with Crippen molar-refractivity contribution in [2.45, 2.75) is 39.2 Å². The zero-order valence-electron chi connectivity index (χ0n) is 13.6. The molecule has 1 aromatic carbocycles. The van der Waals surface area contributed by atoms with E-state index in [1.165, 1.54) is 17.5 Å². The minimum atomic E-state index is 0.813. The van der Waals surface area contributed by atoms with Crippen molar-refractivity contribution < 1.29 is 4.74 Å². The highest BCUT2D eigenvalue weighted by molar-refractivity contribution is 5.79. The Morgan fingerprint density at radius 2 is 1.86 bits per heavy atom. The van der Waals surface area contributed by atoms with Crippen molar-refractivity contribution in [3.63, 3.8) is 0 Å². The first-order valence-electron chi connectivity index (χ1n) is 7.82. The number of nitrogens with zero attached hydrogens (tertiary/aromatic N) is 1. The van der Waals surface area contributed by atoms with Gasteiger partial charge in [-0.05, 0) is 36.8 Å². The molecule has 0 amide bonds. The number of benzene rings is 1. The van der Waals surface area contributed by atoms with E-state index in [0.29, 0.717) is 0 Å². The van der Waals surface area contributed by atoms with Crippen molar-refractivity contribution in [1.82, 2.24) is 10.6 Å². The molecule has 1 aromatic rings. The number of guanidine groups is 1. The maximum Gasteiger partial charge on any atom is 0.191 e. The van der Waals surface area contributed by atoms with Gasteiger partial charge in [-0.1, -0.05) is 31.2 Å². The highest BCUT2D eigenvalue weighted by Gasteiger charge is 2.01. The summed E-state index contributed by atoms with van der Waals surface area (Å²) in [5, 5.41) is 6.73. The number of rotatable bonds is 9. The van der Waals surface area contributed by atoms with Gasteiger partial charge in [-0.15, -0.1) is 0 Å². The lowest BCUT2D eigenvalue weighted by Crippen LogP contribution is -2.37. The summed E-state index contributed by atoms with van der Waals surface area (Å²) in [6.45, 7) is 4.79. The molecular weight excluding hydrogens is 262 g/mol. The van der Waals surface area contributed by atoms with Crippen LogP contribution in [-0.4, -0.2) is 33.3 Å². The SMILES string of the molecule is CCc1ccccc1CNC(=NC)NCCCCCOC. The van der Waals surface area contributed by atoms with E-state index in [4.69, 9.17) is 4.74 Å². The van der Waals surface area contributed by atoms with Crippen LogP contribution in [-0.2, 0) is 17.7 Å². The van der Waals surface area contributed by atoms with E-state index in [1.54, 1.807) is 7.11 Å². The number of methoxy groups -OCH3 is 1. The third kappa shape index (κ3) is 7.14. The molecule has 4 nitrogen and oxygen atoms in total. The summed E-state index contributed by atoms with van der Waals surface area (Å²) in [6, 6.07) is 8.53. The van der Waals surface area contributed by atoms with Crippen LogP contribution in [0.3, 0.4) is 0 Å². The van der Waals surface area contributed by atoms with Crippen LogP contribution < -0.4 is 10.6 Å². The number of aliphatic imine (C=N–C) groups is 1. The summed E-state index contributed by atoms with van der Waals surface area (Å²) < 4.78 is 5.04. The molecule has 118 valence electrons. The Labute approximate surface area is 129 Å². The Hall–Kier alpha value is -1.55. The maximum atomic E-state index is 5.04. The first-order valence-corrected chi connectivity index (χ1v) is 7.82.